The first-order chi connectivity index (χ1) is 9.56. The highest BCUT2D eigenvalue weighted by Crippen LogP contribution is 2.28. The Morgan fingerprint density at radius 2 is 2.10 bits per heavy atom. The highest BCUT2D eigenvalue weighted by molar-refractivity contribution is 6.05. The molecule has 1 aromatic carbocycles. The largest absolute Gasteiger partial charge is 0.389 e. The molecule has 0 spiro atoms. The lowest BCUT2D eigenvalue weighted by molar-refractivity contribution is -0.117. The van der Waals surface area contributed by atoms with Crippen LogP contribution in [0, 0.1) is 6.92 Å². The summed E-state index contributed by atoms with van der Waals surface area (Å²) in [5.41, 5.74) is 2.25. The SMILES string of the molecule is Cc1ccc(N2CCCC2=O)c(C(=O)N2CC(O)C2)c1. The van der Waals surface area contributed by atoms with Crippen LogP contribution in [0.25, 0.3) is 0 Å². The van der Waals surface area contributed by atoms with Crippen LogP contribution < -0.4 is 4.90 Å². The maximum Gasteiger partial charge on any atom is 0.256 e. The van der Waals surface area contributed by atoms with E-state index in [2.05, 4.69) is 0 Å². The molecule has 0 saturated carbocycles. The molecule has 1 N–H and O–H groups in total. The van der Waals surface area contributed by atoms with E-state index < -0.39 is 6.10 Å². The number of hydrogen-bond donors (Lipinski definition) is 1. The number of benzene rings is 1. The molecule has 0 aliphatic carbocycles. The van der Waals surface area contributed by atoms with Gasteiger partial charge in [-0.3, -0.25) is 9.59 Å². The summed E-state index contributed by atoms with van der Waals surface area (Å²) in [4.78, 5) is 27.7. The third-order valence-electron chi connectivity index (χ3n) is 3.90. The van der Waals surface area contributed by atoms with Crippen LogP contribution in [0.1, 0.15) is 28.8 Å². The molecule has 0 unspecified atom stereocenters. The molecule has 2 heterocycles. The summed E-state index contributed by atoms with van der Waals surface area (Å²) < 4.78 is 0. The molecule has 2 aliphatic rings. The minimum atomic E-state index is -0.416. The minimum Gasteiger partial charge on any atom is -0.389 e. The van der Waals surface area contributed by atoms with Crippen LogP contribution in [-0.4, -0.2) is 47.6 Å². The Morgan fingerprint density at radius 1 is 1.35 bits per heavy atom. The van der Waals surface area contributed by atoms with Crippen LogP contribution in [0.2, 0.25) is 0 Å². The Morgan fingerprint density at radius 3 is 2.70 bits per heavy atom. The number of carbonyl (C=O) groups is 2. The summed E-state index contributed by atoms with van der Waals surface area (Å²) in [6, 6.07) is 5.60. The van der Waals surface area contributed by atoms with Crippen molar-refractivity contribution in [3.8, 4) is 0 Å². The number of aryl methyl sites for hydroxylation is 1. The average Bonchev–Trinajstić information content (AvgIpc) is 2.80. The van der Waals surface area contributed by atoms with Gasteiger partial charge in [0, 0.05) is 26.1 Å². The lowest BCUT2D eigenvalue weighted by atomic mass is 10.0. The van der Waals surface area contributed by atoms with Gasteiger partial charge in [-0.1, -0.05) is 11.6 Å². The lowest BCUT2D eigenvalue weighted by Gasteiger charge is -2.36. The number of nitrogens with zero attached hydrogens (tertiary/aromatic N) is 2. The molecule has 0 bridgehead atoms. The van der Waals surface area contributed by atoms with Gasteiger partial charge in [-0.25, -0.2) is 0 Å². The number of aliphatic hydroxyl groups is 1. The van der Waals surface area contributed by atoms with Gasteiger partial charge >= 0.3 is 0 Å². The first-order valence-electron chi connectivity index (χ1n) is 6.94. The van der Waals surface area contributed by atoms with Crippen LogP contribution >= 0.6 is 0 Å². The molecule has 2 saturated heterocycles. The van der Waals surface area contributed by atoms with Crippen LogP contribution in [0.5, 0.6) is 0 Å². The van der Waals surface area contributed by atoms with Gasteiger partial charge in [0.15, 0.2) is 0 Å². The quantitative estimate of drug-likeness (QED) is 0.873. The fraction of sp³-hybridized carbons (Fsp3) is 0.467. The Labute approximate surface area is 117 Å². The van der Waals surface area contributed by atoms with E-state index in [1.54, 1.807) is 9.80 Å². The van der Waals surface area contributed by atoms with E-state index in [0.29, 0.717) is 37.3 Å². The first kappa shape index (κ1) is 13.1. The summed E-state index contributed by atoms with van der Waals surface area (Å²) in [7, 11) is 0. The maximum absolute atomic E-state index is 12.5. The number of likely N-dealkylation sites (tertiary alicyclic amines) is 1. The van der Waals surface area contributed by atoms with Crippen molar-refractivity contribution < 1.29 is 14.7 Å². The zero-order valence-corrected chi connectivity index (χ0v) is 11.5. The van der Waals surface area contributed by atoms with Crippen molar-refractivity contribution in [1.82, 2.24) is 4.90 Å². The Kier molecular flexibility index (Phi) is 3.22. The second-order valence-electron chi connectivity index (χ2n) is 5.53. The molecule has 5 heteroatoms. The van der Waals surface area contributed by atoms with E-state index in [9.17, 15) is 14.7 Å². The van der Waals surface area contributed by atoms with E-state index in [4.69, 9.17) is 0 Å². The predicted molar refractivity (Wildman–Crippen MR) is 74.7 cm³/mol. The minimum absolute atomic E-state index is 0.0755. The first-order valence-corrected chi connectivity index (χ1v) is 6.94. The van der Waals surface area contributed by atoms with E-state index in [0.717, 1.165) is 12.0 Å². The summed E-state index contributed by atoms with van der Waals surface area (Å²) in [6.07, 6.45) is 0.966. The van der Waals surface area contributed by atoms with Crippen molar-refractivity contribution >= 4 is 17.5 Å². The van der Waals surface area contributed by atoms with E-state index >= 15 is 0 Å². The van der Waals surface area contributed by atoms with Crippen LogP contribution in [0.3, 0.4) is 0 Å². The van der Waals surface area contributed by atoms with Crippen molar-refractivity contribution in [1.29, 1.82) is 0 Å². The van der Waals surface area contributed by atoms with Gasteiger partial charge in [-0.2, -0.15) is 0 Å². The zero-order chi connectivity index (χ0) is 14.3. The topological polar surface area (TPSA) is 60.9 Å². The highest BCUT2D eigenvalue weighted by Gasteiger charge is 2.33. The van der Waals surface area contributed by atoms with Crippen molar-refractivity contribution in [3.63, 3.8) is 0 Å². The van der Waals surface area contributed by atoms with E-state index in [1.807, 2.05) is 25.1 Å². The number of rotatable bonds is 2. The Hall–Kier alpha value is -1.88. The average molecular weight is 274 g/mol. The molecule has 0 aromatic heterocycles. The molecule has 2 fully saturated rings. The zero-order valence-electron chi connectivity index (χ0n) is 11.5. The molecule has 2 aliphatic heterocycles. The maximum atomic E-state index is 12.5. The summed E-state index contributed by atoms with van der Waals surface area (Å²) in [5.74, 6) is -0.0275. The third kappa shape index (κ3) is 2.18. The normalized spacial score (nSPS) is 19.4. The molecular weight excluding hydrogens is 256 g/mol. The second-order valence-corrected chi connectivity index (χ2v) is 5.53. The van der Waals surface area contributed by atoms with Gasteiger partial charge in [0.1, 0.15) is 0 Å². The molecule has 2 amide bonds. The summed E-state index contributed by atoms with van der Waals surface area (Å²) in [6.45, 7) is 3.35. The standard InChI is InChI=1S/C15H18N2O3/c1-10-4-5-13(17-6-2-3-14(17)19)12(7-10)15(20)16-8-11(18)9-16/h4-5,7,11,18H,2-3,6,8-9H2,1H3. The van der Waals surface area contributed by atoms with E-state index in [-0.39, 0.29) is 11.8 Å². The van der Waals surface area contributed by atoms with Gasteiger partial charge in [0.2, 0.25) is 5.91 Å². The van der Waals surface area contributed by atoms with Crippen LogP contribution in [0.15, 0.2) is 18.2 Å². The van der Waals surface area contributed by atoms with Gasteiger partial charge in [-0.05, 0) is 25.5 Å². The molecule has 106 valence electrons. The van der Waals surface area contributed by atoms with Crippen molar-refractivity contribution in [2.45, 2.75) is 25.9 Å². The molecule has 3 rings (SSSR count). The van der Waals surface area contributed by atoms with Crippen molar-refractivity contribution in [2.24, 2.45) is 0 Å². The second kappa shape index (κ2) is 4.90. The number of β-amino-alcohol motifs (C(OH)–C–C–N with tert-alkyl or cyclic N) is 1. The number of aliphatic hydroxyl groups excluding tert-OH is 1. The molecule has 1 aromatic rings. The highest BCUT2D eigenvalue weighted by atomic mass is 16.3. The van der Waals surface area contributed by atoms with Crippen molar-refractivity contribution in [3.05, 3.63) is 29.3 Å². The molecular formula is C15H18N2O3. The lowest BCUT2D eigenvalue weighted by Crippen LogP contribution is -2.53. The molecule has 20 heavy (non-hydrogen) atoms. The number of hydrogen-bond acceptors (Lipinski definition) is 3. The number of carbonyl (C=O) groups excluding carboxylic acids is 2. The van der Waals surface area contributed by atoms with Crippen molar-refractivity contribution in [2.75, 3.05) is 24.5 Å². The number of amides is 2. The smallest absolute Gasteiger partial charge is 0.256 e. The monoisotopic (exact) mass is 274 g/mol. The van der Waals surface area contributed by atoms with E-state index in [1.165, 1.54) is 0 Å². The predicted octanol–water partition coefficient (Wildman–Crippen LogP) is 0.939. The molecule has 5 nitrogen and oxygen atoms in total. The number of anilines is 1. The Balaban J connectivity index is 1.94. The van der Waals surface area contributed by atoms with Gasteiger partial charge < -0.3 is 14.9 Å². The molecule has 0 atom stereocenters. The van der Waals surface area contributed by atoms with Gasteiger partial charge in [0.05, 0.1) is 17.4 Å². The molecule has 0 radical (unpaired) electrons. The third-order valence-corrected chi connectivity index (χ3v) is 3.90. The summed E-state index contributed by atoms with van der Waals surface area (Å²) >= 11 is 0. The summed E-state index contributed by atoms with van der Waals surface area (Å²) in [5, 5.41) is 9.33. The van der Waals surface area contributed by atoms with Crippen LogP contribution in [-0.2, 0) is 4.79 Å². The van der Waals surface area contributed by atoms with Gasteiger partial charge in [-0.15, -0.1) is 0 Å². The Bertz CT molecular complexity index is 564. The van der Waals surface area contributed by atoms with Gasteiger partial charge in [0.25, 0.3) is 5.91 Å². The van der Waals surface area contributed by atoms with Crippen LogP contribution in [0.4, 0.5) is 5.69 Å². The fourth-order valence-electron chi connectivity index (χ4n) is 2.75. The fourth-order valence-corrected chi connectivity index (χ4v) is 2.75.